The van der Waals surface area contributed by atoms with Crippen LogP contribution in [0, 0.1) is 7.14 Å². The SMILES string of the molecule is CCOc1cc(/C=N/NC(=O)c2cc3ccccc3o2)cc(I)c1OCc1ccc(I)cc1. The molecule has 0 fully saturated rings. The molecule has 0 aliphatic heterocycles. The van der Waals surface area contributed by atoms with Crippen LogP contribution in [0.25, 0.3) is 11.0 Å². The van der Waals surface area contributed by atoms with Crippen molar-refractivity contribution >= 4 is 68.3 Å². The summed E-state index contributed by atoms with van der Waals surface area (Å²) in [5.41, 5.74) is 5.01. The molecule has 0 radical (unpaired) electrons. The van der Waals surface area contributed by atoms with Gasteiger partial charge in [-0.3, -0.25) is 4.79 Å². The van der Waals surface area contributed by atoms with Gasteiger partial charge in [-0.15, -0.1) is 0 Å². The molecule has 8 heteroatoms. The Morgan fingerprint density at radius 1 is 1.06 bits per heavy atom. The minimum Gasteiger partial charge on any atom is -0.490 e. The molecule has 168 valence electrons. The molecule has 4 rings (SSSR count). The number of fused-ring (bicyclic) bond motifs is 1. The van der Waals surface area contributed by atoms with Crippen LogP contribution >= 0.6 is 45.2 Å². The number of amides is 1. The molecule has 6 nitrogen and oxygen atoms in total. The van der Waals surface area contributed by atoms with Crippen molar-refractivity contribution in [1.29, 1.82) is 0 Å². The third-order valence-corrected chi connectivity index (χ3v) is 6.18. The van der Waals surface area contributed by atoms with E-state index in [0.717, 1.165) is 20.1 Å². The summed E-state index contributed by atoms with van der Waals surface area (Å²) < 4.78 is 19.5. The highest BCUT2D eigenvalue weighted by molar-refractivity contribution is 14.1. The first-order valence-electron chi connectivity index (χ1n) is 10.2. The minimum atomic E-state index is -0.417. The van der Waals surface area contributed by atoms with E-state index in [1.807, 2.05) is 67.6 Å². The molecule has 3 aromatic carbocycles. The van der Waals surface area contributed by atoms with Gasteiger partial charge in [-0.25, -0.2) is 5.43 Å². The Balaban J connectivity index is 1.46. The zero-order valence-electron chi connectivity index (χ0n) is 17.7. The normalized spacial score (nSPS) is 11.1. The van der Waals surface area contributed by atoms with Crippen LogP contribution < -0.4 is 14.9 Å². The molecule has 1 amide bonds. The fourth-order valence-electron chi connectivity index (χ4n) is 3.12. The monoisotopic (exact) mass is 666 g/mol. The predicted octanol–water partition coefficient (Wildman–Crippen LogP) is 6.38. The summed E-state index contributed by atoms with van der Waals surface area (Å²) in [6, 6.07) is 21.1. The molecule has 0 aliphatic rings. The van der Waals surface area contributed by atoms with Crippen LogP contribution in [-0.4, -0.2) is 18.7 Å². The molecule has 1 aromatic heterocycles. The van der Waals surface area contributed by atoms with Crippen LogP contribution in [0.5, 0.6) is 11.5 Å². The third-order valence-electron chi connectivity index (χ3n) is 4.66. The first kappa shape index (κ1) is 23.6. The van der Waals surface area contributed by atoms with E-state index in [1.165, 1.54) is 3.57 Å². The number of hydrazone groups is 1. The number of para-hydroxylation sites is 1. The average molecular weight is 666 g/mol. The van der Waals surface area contributed by atoms with Crippen LogP contribution in [0.4, 0.5) is 0 Å². The number of carbonyl (C=O) groups is 1. The third kappa shape index (κ3) is 6.05. The molecule has 1 heterocycles. The lowest BCUT2D eigenvalue weighted by molar-refractivity contribution is 0.0929. The van der Waals surface area contributed by atoms with E-state index in [2.05, 4.69) is 55.7 Å². The number of ether oxygens (including phenoxy) is 2. The second kappa shape index (κ2) is 11.0. The molecular weight excluding hydrogens is 646 g/mol. The molecule has 33 heavy (non-hydrogen) atoms. The summed E-state index contributed by atoms with van der Waals surface area (Å²) in [5, 5.41) is 4.94. The molecular formula is C25H20I2N2O4. The van der Waals surface area contributed by atoms with Crippen molar-refractivity contribution in [1.82, 2.24) is 5.43 Å². The van der Waals surface area contributed by atoms with Crippen LogP contribution in [0.1, 0.15) is 28.6 Å². The van der Waals surface area contributed by atoms with Crippen molar-refractivity contribution < 1.29 is 18.7 Å². The van der Waals surface area contributed by atoms with Gasteiger partial charge >= 0.3 is 5.91 Å². The summed E-state index contributed by atoms with van der Waals surface area (Å²) in [4.78, 5) is 12.4. The molecule has 0 saturated carbocycles. The summed E-state index contributed by atoms with van der Waals surface area (Å²) in [7, 11) is 0. The summed E-state index contributed by atoms with van der Waals surface area (Å²) in [6.45, 7) is 2.86. The summed E-state index contributed by atoms with van der Waals surface area (Å²) in [6.07, 6.45) is 1.56. The van der Waals surface area contributed by atoms with Gasteiger partial charge in [0.1, 0.15) is 12.2 Å². The Bertz CT molecular complexity index is 1270. The molecule has 0 aliphatic carbocycles. The number of halogens is 2. The number of nitrogens with zero attached hydrogens (tertiary/aromatic N) is 1. The van der Waals surface area contributed by atoms with Crippen molar-refractivity contribution in [2.24, 2.45) is 5.10 Å². The Hall–Kier alpha value is -2.60. The lowest BCUT2D eigenvalue weighted by Crippen LogP contribution is -2.16. The number of rotatable bonds is 8. The second-order valence-electron chi connectivity index (χ2n) is 7.03. The molecule has 0 bridgehead atoms. The fraction of sp³-hybridized carbons (Fsp3) is 0.120. The van der Waals surface area contributed by atoms with Gasteiger partial charge in [0.2, 0.25) is 0 Å². The van der Waals surface area contributed by atoms with Gasteiger partial charge in [-0.2, -0.15) is 5.10 Å². The van der Waals surface area contributed by atoms with Crippen molar-refractivity contribution in [2.45, 2.75) is 13.5 Å². The number of nitrogens with one attached hydrogen (secondary N) is 1. The molecule has 0 unspecified atom stereocenters. The maximum atomic E-state index is 12.4. The van der Waals surface area contributed by atoms with Gasteiger partial charge < -0.3 is 13.9 Å². The van der Waals surface area contributed by atoms with E-state index in [1.54, 1.807) is 12.3 Å². The van der Waals surface area contributed by atoms with Crippen molar-refractivity contribution in [3.63, 3.8) is 0 Å². The van der Waals surface area contributed by atoms with E-state index in [0.29, 0.717) is 30.3 Å². The zero-order valence-corrected chi connectivity index (χ0v) is 22.0. The van der Waals surface area contributed by atoms with Crippen molar-refractivity contribution in [3.05, 3.63) is 90.8 Å². The van der Waals surface area contributed by atoms with Crippen LogP contribution in [0.3, 0.4) is 0 Å². The van der Waals surface area contributed by atoms with E-state index < -0.39 is 5.91 Å². The molecule has 0 spiro atoms. The van der Waals surface area contributed by atoms with Gasteiger partial charge in [-0.1, -0.05) is 30.3 Å². The predicted molar refractivity (Wildman–Crippen MR) is 145 cm³/mol. The molecule has 4 aromatic rings. The van der Waals surface area contributed by atoms with Gasteiger partial charge in [-0.05, 0) is 99.6 Å². The lowest BCUT2D eigenvalue weighted by atomic mass is 10.2. The van der Waals surface area contributed by atoms with Gasteiger partial charge in [0.05, 0.1) is 16.4 Å². The zero-order chi connectivity index (χ0) is 23.2. The van der Waals surface area contributed by atoms with E-state index in [-0.39, 0.29) is 5.76 Å². The van der Waals surface area contributed by atoms with Gasteiger partial charge in [0.25, 0.3) is 0 Å². The number of furan rings is 1. The van der Waals surface area contributed by atoms with E-state index in [4.69, 9.17) is 13.9 Å². The lowest BCUT2D eigenvalue weighted by Gasteiger charge is -2.14. The standard InChI is InChI=1S/C25H20I2N2O4/c1-2-31-22-12-17(11-20(27)24(22)32-15-16-7-9-19(26)10-8-16)14-28-29-25(30)23-13-18-5-3-4-6-21(18)33-23/h3-14H,2,15H2,1H3,(H,29,30)/b28-14+. The largest absolute Gasteiger partial charge is 0.490 e. The van der Waals surface area contributed by atoms with E-state index >= 15 is 0 Å². The highest BCUT2D eigenvalue weighted by Gasteiger charge is 2.13. The summed E-state index contributed by atoms with van der Waals surface area (Å²) >= 11 is 4.49. The number of hydrogen-bond donors (Lipinski definition) is 1. The topological polar surface area (TPSA) is 73.1 Å². The molecule has 0 saturated heterocycles. The maximum absolute atomic E-state index is 12.4. The van der Waals surface area contributed by atoms with E-state index in [9.17, 15) is 4.79 Å². The van der Waals surface area contributed by atoms with Gasteiger partial charge in [0, 0.05) is 8.96 Å². The maximum Gasteiger partial charge on any atom is 0.307 e. The highest BCUT2D eigenvalue weighted by atomic mass is 127. The smallest absolute Gasteiger partial charge is 0.307 e. The number of benzene rings is 3. The minimum absolute atomic E-state index is 0.206. The van der Waals surface area contributed by atoms with Crippen molar-refractivity contribution in [3.8, 4) is 11.5 Å². The van der Waals surface area contributed by atoms with Crippen molar-refractivity contribution in [2.75, 3.05) is 6.61 Å². The Morgan fingerprint density at radius 2 is 1.85 bits per heavy atom. The first-order chi connectivity index (χ1) is 16.0. The first-order valence-corrected chi connectivity index (χ1v) is 12.3. The summed E-state index contributed by atoms with van der Waals surface area (Å²) in [5.74, 6) is 1.09. The Kier molecular flexibility index (Phi) is 7.86. The molecule has 0 atom stereocenters. The quantitative estimate of drug-likeness (QED) is 0.135. The molecule has 1 N–H and O–H groups in total. The van der Waals surface area contributed by atoms with Crippen LogP contribution in [-0.2, 0) is 6.61 Å². The second-order valence-corrected chi connectivity index (χ2v) is 9.43. The average Bonchev–Trinajstić information content (AvgIpc) is 3.24. The number of carbonyl (C=O) groups excluding carboxylic acids is 1. The Morgan fingerprint density at radius 3 is 2.61 bits per heavy atom. The fourth-order valence-corrected chi connectivity index (χ4v) is 4.26. The van der Waals surface area contributed by atoms with Crippen LogP contribution in [0.15, 0.2) is 76.2 Å². The van der Waals surface area contributed by atoms with Crippen LogP contribution in [0.2, 0.25) is 0 Å². The number of hydrogen-bond acceptors (Lipinski definition) is 5. The van der Waals surface area contributed by atoms with Gasteiger partial charge in [0.15, 0.2) is 17.3 Å². The highest BCUT2D eigenvalue weighted by Crippen LogP contribution is 2.34. The Labute approximate surface area is 218 Å².